The fourth-order valence-electron chi connectivity index (χ4n) is 2.77. The zero-order valence-corrected chi connectivity index (χ0v) is 17.5. The molecule has 1 heterocycles. The van der Waals surface area contributed by atoms with Gasteiger partial charge in [-0.15, -0.1) is 10.2 Å². The lowest BCUT2D eigenvalue weighted by molar-refractivity contribution is -0.140. The maximum absolute atomic E-state index is 12.0. The number of hydrogen-bond donors (Lipinski definition) is 1. The number of rotatable bonds is 10. The summed E-state index contributed by atoms with van der Waals surface area (Å²) in [6.45, 7) is 2.59. The summed E-state index contributed by atoms with van der Waals surface area (Å²) >= 11 is 1.30. The minimum absolute atomic E-state index is 0.124. The number of methoxy groups -OCH3 is 1. The average Bonchev–Trinajstić information content (AvgIpc) is 3.07. The number of ether oxygens (including phenoxy) is 1. The number of hydrogen-bond acceptors (Lipinski definition) is 7. The molecule has 0 bridgehead atoms. The summed E-state index contributed by atoms with van der Waals surface area (Å²) in [5, 5.41) is 11.9. The van der Waals surface area contributed by atoms with Crippen LogP contribution in [0, 0.1) is 0 Å². The van der Waals surface area contributed by atoms with Crippen LogP contribution in [-0.4, -0.2) is 65.0 Å². The van der Waals surface area contributed by atoms with Crippen molar-refractivity contribution >= 4 is 23.6 Å². The van der Waals surface area contributed by atoms with Crippen molar-refractivity contribution in [3.8, 4) is 0 Å². The summed E-state index contributed by atoms with van der Waals surface area (Å²) in [4.78, 5) is 25.3. The van der Waals surface area contributed by atoms with E-state index in [2.05, 4.69) is 48.8 Å². The number of carbonyl (C=O) groups excluding carboxylic acids is 2. The van der Waals surface area contributed by atoms with Gasteiger partial charge in [-0.1, -0.05) is 49.0 Å². The normalized spacial score (nSPS) is 12.0. The molecule has 2 rings (SSSR count). The third-order valence-electron chi connectivity index (χ3n) is 4.23. The van der Waals surface area contributed by atoms with Gasteiger partial charge in [0.1, 0.15) is 6.54 Å². The van der Waals surface area contributed by atoms with Crippen molar-refractivity contribution < 1.29 is 14.3 Å². The van der Waals surface area contributed by atoms with E-state index in [0.717, 1.165) is 17.8 Å². The predicted octanol–water partition coefficient (Wildman–Crippen LogP) is 1.72. The number of thioether (sulfide) groups is 1. The molecule has 1 atom stereocenters. The summed E-state index contributed by atoms with van der Waals surface area (Å²) in [5.41, 5.74) is 1.13. The Morgan fingerprint density at radius 3 is 2.57 bits per heavy atom. The first-order valence-electron chi connectivity index (χ1n) is 9.06. The van der Waals surface area contributed by atoms with Crippen LogP contribution in [0.2, 0.25) is 0 Å². The molecule has 0 radical (unpaired) electrons. The molecule has 1 aromatic heterocycles. The van der Waals surface area contributed by atoms with Crippen molar-refractivity contribution in [3.05, 3.63) is 41.7 Å². The number of amides is 1. The van der Waals surface area contributed by atoms with Crippen LogP contribution in [0.5, 0.6) is 0 Å². The minimum atomic E-state index is -0.482. The van der Waals surface area contributed by atoms with Gasteiger partial charge in [0.25, 0.3) is 0 Å². The molecule has 1 amide bonds. The van der Waals surface area contributed by atoms with E-state index in [0.29, 0.717) is 11.7 Å². The lowest BCUT2D eigenvalue weighted by Crippen LogP contribution is -2.31. The molecule has 0 unspecified atom stereocenters. The van der Waals surface area contributed by atoms with Crippen molar-refractivity contribution in [1.29, 1.82) is 0 Å². The number of aromatic nitrogens is 3. The van der Waals surface area contributed by atoms with Crippen molar-refractivity contribution in [2.24, 2.45) is 0 Å². The highest BCUT2D eigenvalue weighted by Crippen LogP contribution is 2.26. The molecule has 1 N–H and O–H groups in total. The molecule has 0 fully saturated rings. The average molecular weight is 406 g/mol. The van der Waals surface area contributed by atoms with Crippen molar-refractivity contribution in [3.63, 3.8) is 0 Å². The number of carbonyl (C=O) groups is 2. The number of esters is 1. The number of nitrogens with one attached hydrogen (secondary N) is 1. The lowest BCUT2D eigenvalue weighted by Gasteiger charge is -2.23. The Kier molecular flexibility index (Phi) is 8.46. The largest absolute Gasteiger partial charge is 0.468 e. The SMILES string of the molecule is CC[C@@H](c1nnc(SCC(=O)NCC(=O)OC)n1Cc1ccccc1)N(C)C. The summed E-state index contributed by atoms with van der Waals surface area (Å²) in [5.74, 6) is 0.271. The molecule has 0 aliphatic carbocycles. The second-order valence-electron chi connectivity index (χ2n) is 6.44. The molecule has 0 saturated heterocycles. The van der Waals surface area contributed by atoms with Crippen LogP contribution < -0.4 is 5.32 Å². The van der Waals surface area contributed by atoms with Crippen molar-refractivity contribution in [2.75, 3.05) is 33.5 Å². The van der Waals surface area contributed by atoms with Crippen LogP contribution in [0.25, 0.3) is 0 Å². The molecule has 0 spiro atoms. The van der Waals surface area contributed by atoms with Gasteiger partial charge in [-0.05, 0) is 26.1 Å². The molecule has 0 saturated carbocycles. The highest BCUT2D eigenvalue weighted by atomic mass is 32.2. The Labute approximate surface area is 169 Å². The minimum Gasteiger partial charge on any atom is -0.468 e. The Morgan fingerprint density at radius 1 is 1.25 bits per heavy atom. The van der Waals surface area contributed by atoms with E-state index in [1.54, 1.807) is 0 Å². The monoisotopic (exact) mass is 405 g/mol. The first-order chi connectivity index (χ1) is 13.5. The Hall–Kier alpha value is -2.39. The summed E-state index contributed by atoms with van der Waals surface area (Å²) in [7, 11) is 5.32. The Morgan fingerprint density at radius 2 is 1.96 bits per heavy atom. The molecular weight excluding hydrogens is 378 g/mol. The van der Waals surface area contributed by atoms with Gasteiger partial charge in [0.2, 0.25) is 5.91 Å². The van der Waals surface area contributed by atoms with Gasteiger partial charge in [-0.25, -0.2) is 0 Å². The molecule has 8 nitrogen and oxygen atoms in total. The van der Waals surface area contributed by atoms with Crippen LogP contribution in [0.15, 0.2) is 35.5 Å². The molecule has 0 aliphatic heterocycles. The standard InChI is InChI=1S/C19H27N5O3S/c1-5-15(23(2)3)18-21-22-19(24(18)12-14-9-7-6-8-10-14)28-13-16(25)20-11-17(26)27-4/h6-10,15H,5,11-13H2,1-4H3,(H,20,25)/t15-/m0/s1. The van der Waals surface area contributed by atoms with Gasteiger partial charge in [0, 0.05) is 0 Å². The van der Waals surface area contributed by atoms with Crippen LogP contribution >= 0.6 is 11.8 Å². The summed E-state index contributed by atoms with van der Waals surface area (Å²) in [6, 6.07) is 10.2. The number of nitrogens with zero attached hydrogens (tertiary/aromatic N) is 4. The van der Waals surface area contributed by atoms with E-state index >= 15 is 0 Å². The molecule has 28 heavy (non-hydrogen) atoms. The second-order valence-corrected chi connectivity index (χ2v) is 7.38. The fraction of sp³-hybridized carbons (Fsp3) is 0.474. The third-order valence-corrected chi connectivity index (χ3v) is 5.19. The highest BCUT2D eigenvalue weighted by molar-refractivity contribution is 7.99. The van der Waals surface area contributed by atoms with Gasteiger partial charge in [0.05, 0.1) is 25.4 Å². The van der Waals surface area contributed by atoms with E-state index in [4.69, 9.17) is 0 Å². The molecule has 2 aromatic rings. The zero-order valence-electron chi connectivity index (χ0n) is 16.7. The van der Waals surface area contributed by atoms with Gasteiger partial charge in [-0.3, -0.25) is 14.5 Å². The molecule has 152 valence electrons. The van der Waals surface area contributed by atoms with Gasteiger partial charge < -0.3 is 14.6 Å². The van der Waals surface area contributed by atoms with Crippen molar-refractivity contribution in [2.45, 2.75) is 31.1 Å². The van der Waals surface area contributed by atoms with Crippen molar-refractivity contribution in [1.82, 2.24) is 25.0 Å². The highest BCUT2D eigenvalue weighted by Gasteiger charge is 2.22. The smallest absolute Gasteiger partial charge is 0.325 e. The first kappa shape index (κ1) is 21.9. The van der Waals surface area contributed by atoms with Gasteiger partial charge >= 0.3 is 5.97 Å². The van der Waals surface area contributed by atoms with E-state index in [9.17, 15) is 9.59 Å². The predicted molar refractivity (Wildman–Crippen MR) is 108 cm³/mol. The molecule has 0 aliphatic rings. The third kappa shape index (κ3) is 6.07. The van der Waals surface area contributed by atoms with E-state index < -0.39 is 5.97 Å². The Bertz CT molecular complexity index is 779. The first-order valence-corrected chi connectivity index (χ1v) is 10.0. The molecule has 1 aromatic carbocycles. The van der Waals surface area contributed by atoms with E-state index in [1.807, 2.05) is 32.3 Å². The number of benzene rings is 1. The topological polar surface area (TPSA) is 89.4 Å². The van der Waals surface area contributed by atoms with Crippen LogP contribution in [0.1, 0.15) is 30.8 Å². The fourth-order valence-corrected chi connectivity index (χ4v) is 3.55. The lowest BCUT2D eigenvalue weighted by atomic mass is 10.2. The van der Waals surface area contributed by atoms with E-state index in [1.165, 1.54) is 18.9 Å². The van der Waals surface area contributed by atoms with Crippen LogP contribution in [0.4, 0.5) is 0 Å². The maximum Gasteiger partial charge on any atom is 0.325 e. The van der Waals surface area contributed by atoms with Gasteiger partial charge in [0.15, 0.2) is 11.0 Å². The van der Waals surface area contributed by atoms with Crippen LogP contribution in [0.3, 0.4) is 0 Å². The van der Waals surface area contributed by atoms with Gasteiger partial charge in [-0.2, -0.15) is 0 Å². The second kappa shape index (κ2) is 10.8. The van der Waals surface area contributed by atoms with Crippen LogP contribution in [-0.2, 0) is 20.9 Å². The molecular formula is C19H27N5O3S. The Balaban J connectivity index is 2.17. The molecule has 9 heteroatoms. The summed E-state index contributed by atoms with van der Waals surface area (Å²) < 4.78 is 6.58. The zero-order chi connectivity index (χ0) is 20.5. The summed E-state index contributed by atoms with van der Waals surface area (Å²) in [6.07, 6.45) is 0.893. The maximum atomic E-state index is 12.0. The van der Waals surface area contributed by atoms with E-state index in [-0.39, 0.29) is 24.2 Å². The quantitative estimate of drug-likeness (QED) is 0.475.